The highest BCUT2D eigenvalue weighted by Crippen LogP contribution is 2.15. The number of nitrogens with one attached hydrogen (secondary N) is 1. The van der Waals surface area contributed by atoms with E-state index in [0.29, 0.717) is 0 Å². The van der Waals surface area contributed by atoms with Crippen molar-refractivity contribution in [3.05, 3.63) is 35.6 Å². The molecule has 19 heavy (non-hydrogen) atoms. The predicted molar refractivity (Wildman–Crippen MR) is 73.2 cm³/mol. The third kappa shape index (κ3) is 3.53. The van der Waals surface area contributed by atoms with Crippen LogP contribution < -0.4 is 5.32 Å². The molecule has 0 spiro atoms. The van der Waals surface area contributed by atoms with Gasteiger partial charge in [-0.1, -0.05) is 12.1 Å². The van der Waals surface area contributed by atoms with Crippen LogP contribution in [0.15, 0.2) is 24.3 Å². The van der Waals surface area contributed by atoms with E-state index in [1.54, 1.807) is 12.1 Å². The summed E-state index contributed by atoms with van der Waals surface area (Å²) in [6.07, 6.45) is 2.21. The van der Waals surface area contributed by atoms with Gasteiger partial charge in [-0.15, -0.1) is 0 Å². The number of likely N-dealkylation sites (tertiary alicyclic amines) is 1. The van der Waals surface area contributed by atoms with Gasteiger partial charge in [-0.2, -0.15) is 0 Å². The Morgan fingerprint density at radius 2 is 1.79 bits per heavy atom. The lowest BCUT2D eigenvalue weighted by atomic mass is 10.1. The molecule has 0 aromatic heterocycles. The SMILES string of the molecule is CC(N[C@H](C)c1ccc(F)cc1)C(=O)N1CCCC1. The Morgan fingerprint density at radius 1 is 1.21 bits per heavy atom. The number of hydrogen-bond donors (Lipinski definition) is 1. The molecule has 2 rings (SSSR count). The van der Waals surface area contributed by atoms with E-state index < -0.39 is 0 Å². The average molecular weight is 264 g/mol. The van der Waals surface area contributed by atoms with E-state index in [9.17, 15) is 9.18 Å². The maximum absolute atomic E-state index is 12.9. The van der Waals surface area contributed by atoms with Gasteiger partial charge in [0.15, 0.2) is 0 Å². The molecule has 4 heteroatoms. The average Bonchev–Trinajstić information content (AvgIpc) is 2.92. The van der Waals surface area contributed by atoms with Crippen LogP contribution in [0.25, 0.3) is 0 Å². The molecule has 1 aliphatic heterocycles. The van der Waals surface area contributed by atoms with Crippen molar-refractivity contribution >= 4 is 5.91 Å². The van der Waals surface area contributed by atoms with E-state index in [4.69, 9.17) is 0 Å². The fourth-order valence-corrected chi connectivity index (χ4v) is 2.51. The van der Waals surface area contributed by atoms with Crippen LogP contribution in [-0.2, 0) is 4.79 Å². The maximum Gasteiger partial charge on any atom is 0.239 e. The Hall–Kier alpha value is -1.42. The standard InChI is InChI=1S/C15H21FN2O/c1-11(13-5-7-14(16)8-6-13)17-12(2)15(19)18-9-3-4-10-18/h5-8,11-12,17H,3-4,9-10H2,1-2H3/t11-,12?/m1/s1. The second kappa shape index (κ2) is 6.15. The summed E-state index contributed by atoms with van der Waals surface area (Å²) in [5.74, 6) is -0.0800. The van der Waals surface area contributed by atoms with Crippen molar-refractivity contribution in [2.45, 2.75) is 38.8 Å². The van der Waals surface area contributed by atoms with Crippen LogP contribution in [0.4, 0.5) is 4.39 Å². The van der Waals surface area contributed by atoms with Crippen LogP contribution in [-0.4, -0.2) is 29.9 Å². The van der Waals surface area contributed by atoms with E-state index in [1.807, 2.05) is 18.7 Å². The quantitative estimate of drug-likeness (QED) is 0.906. The molecule has 1 aromatic carbocycles. The van der Waals surface area contributed by atoms with Gasteiger partial charge < -0.3 is 4.90 Å². The number of benzene rings is 1. The number of halogens is 1. The minimum atomic E-state index is -0.239. The predicted octanol–water partition coefficient (Wildman–Crippen LogP) is 2.49. The molecule has 3 nitrogen and oxygen atoms in total. The maximum atomic E-state index is 12.9. The summed E-state index contributed by atoms with van der Waals surface area (Å²) >= 11 is 0. The zero-order valence-corrected chi connectivity index (χ0v) is 11.5. The molecule has 1 N–H and O–H groups in total. The molecule has 1 aromatic rings. The van der Waals surface area contributed by atoms with Crippen LogP contribution in [0, 0.1) is 5.82 Å². The smallest absolute Gasteiger partial charge is 0.239 e. The lowest BCUT2D eigenvalue weighted by Gasteiger charge is -2.24. The Balaban J connectivity index is 1.92. The minimum Gasteiger partial charge on any atom is -0.341 e. The van der Waals surface area contributed by atoms with Gasteiger partial charge in [0.25, 0.3) is 0 Å². The summed E-state index contributed by atoms with van der Waals surface area (Å²) in [4.78, 5) is 14.1. The molecule has 0 saturated carbocycles. The number of nitrogens with zero attached hydrogens (tertiary/aromatic N) is 1. The van der Waals surface area contributed by atoms with Crippen LogP contribution in [0.3, 0.4) is 0 Å². The molecule has 1 unspecified atom stereocenters. The number of rotatable bonds is 4. The summed E-state index contributed by atoms with van der Waals surface area (Å²) in [7, 11) is 0. The molecule has 1 saturated heterocycles. The monoisotopic (exact) mass is 264 g/mol. The molecule has 0 bridgehead atoms. The first-order valence-electron chi connectivity index (χ1n) is 6.88. The lowest BCUT2D eigenvalue weighted by Crippen LogP contribution is -2.44. The molecule has 1 aliphatic rings. The molecule has 0 aliphatic carbocycles. The second-order valence-electron chi connectivity index (χ2n) is 5.19. The third-order valence-corrected chi connectivity index (χ3v) is 3.66. The summed E-state index contributed by atoms with van der Waals surface area (Å²) in [5.41, 5.74) is 0.988. The molecular weight excluding hydrogens is 243 g/mol. The van der Waals surface area contributed by atoms with Crippen molar-refractivity contribution in [1.29, 1.82) is 0 Å². The van der Waals surface area contributed by atoms with E-state index in [1.165, 1.54) is 12.1 Å². The third-order valence-electron chi connectivity index (χ3n) is 3.66. The summed E-state index contributed by atoms with van der Waals surface area (Å²) in [6.45, 7) is 5.62. The highest BCUT2D eigenvalue weighted by molar-refractivity contribution is 5.81. The first-order chi connectivity index (χ1) is 9.08. The number of carbonyl (C=O) groups is 1. The van der Waals surface area contributed by atoms with Crippen molar-refractivity contribution in [2.75, 3.05) is 13.1 Å². The topological polar surface area (TPSA) is 32.3 Å². The number of amides is 1. The van der Waals surface area contributed by atoms with Crippen molar-refractivity contribution in [3.8, 4) is 0 Å². The molecule has 2 atom stereocenters. The zero-order valence-electron chi connectivity index (χ0n) is 11.5. The Kier molecular flexibility index (Phi) is 4.53. The normalized spacial score (nSPS) is 18.4. The van der Waals surface area contributed by atoms with Gasteiger partial charge in [0.2, 0.25) is 5.91 Å². The fourth-order valence-electron chi connectivity index (χ4n) is 2.51. The fraction of sp³-hybridized carbons (Fsp3) is 0.533. The Labute approximate surface area is 113 Å². The molecule has 104 valence electrons. The molecule has 1 heterocycles. The van der Waals surface area contributed by atoms with Gasteiger partial charge in [0, 0.05) is 19.1 Å². The van der Waals surface area contributed by atoms with Gasteiger partial charge in [-0.05, 0) is 44.4 Å². The highest BCUT2D eigenvalue weighted by atomic mass is 19.1. The van der Waals surface area contributed by atoms with Crippen molar-refractivity contribution in [1.82, 2.24) is 10.2 Å². The van der Waals surface area contributed by atoms with Gasteiger partial charge >= 0.3 is 0 Å². The lowest BCUT2D eigenvalue weighted by molar-refractivity contribution is -0.132. The van der Waals surface area contributed by atoms with E-state index in [0.717, 1.165) is 31.5 Å². The highest BCUT2D eigenvalue weighted by Gasteiger charge is 2.24. The largest absolute Gasteiger partial charge is 0.341 e. The van der Waals surface area contributed by atoms with E-state index in [-0.39, 0.29) is 23.8 Å². The first kappa shape index (κ1) is 14.0. The molecule has 1 amide bonds. The summed E-state index contributed by atoms with van der Waals surface area (Å²) in [6, 6.07) is 6.21. The van der Waals surface area contributed by atoms with E-state index in [2.05, 4.69) is 5.32 Å². The van der Waals surface area contributed by atoms with Gasteiger partial charge in [0.05, 0.1) is 6.04 Å². The van der Waals surface area contributed by atoms with Crippen LogP contribution >= 0.6 is 0 Å². The van der Waals surface area contributed by atoms with Crippen molar-refractivity contribution in [2.24, 2.45) is 0 Å². The van der Waals surface area contributed by atoms with Crippen molar-refractivity contribution in [3.63, 3.8) is 0 Å². The van der Waals surface area contributed by atoms with Crippen molar-refractivity contribution < 1.29 is 9.18 Å². The summed E-state index contributed by atoms with van der Waals surface area (Å²) < 4.78 is 12.9. The summed E-state index contributed by atoms with van der Waals surface area (Å²) in [5, 5.41) is 3.28. The van der Waals surface area contributed by atoms with Crippen LogP contribution in [0.1, 0.15) is 38.3 Å². The zero-order chi connectivity index (χ0) is 13.8. The Bertz CT molecular complexity index is 426. The van der Waals surface area contributed by atoms with Gasteiger partial charge in [0.1, 0.15) is 5.82 Å². The number of hydrogen-bond acceptors (Lipinski definition) is 2. The minimum absolute atomic E-state index is 0.0298. The second-order valence-corrected chi connectivity index (χ2v) is 5.19. The van der Waals surface area contributed by atoms with Crippen LogP contribution in [0.5, 0.6) is 0 Å². The first-order valence-corrected chi connectivity index (χ1v) is 6.88. The van der Waals surface area contributed by atoms with Gasteiger partial charge in [-0.25, -0.2) is 4.39 Å². The van der Waals surface area contributed by atoms with Gasteiger partial charge in [-0.3, -0.25) is 10.1 Å². The number of carbonyl (C=O) groups excluding carboxylic acids is 1. The Morgan fingerprint density at radius 3 is 2.37 bits per heavy atom. The molecule has 0 radical (unpaired) electrons. The molecular formula is C15H21FN2O. The molecule has 1 fully saturated rings. The van der Waals surface area contributed by atoms with E-state index >= 15 is 0 Å². The van der Waals surface area contributed by atoms with Crippen LogP contribution in [0.2, 0.25) is 0 Å².